The standard InChI is InChI=1S/C25H30O4/c1-5-25(2,3)24(26)29-13-12-28-23(27-4)15-18-10-11-21-16-19-8-6-7-9-20(19)17-22(21)14-18/h6-11,14,16-17,23H,5,12-13,15H2,1-4H3. The Morgan fingerprint density at radius 2 is 1.59 bits per heavy atom. The lowest BCUT2D eigenvalue weighted by molar-refractivity contribution is -0.163. The molecule has 0 N–H and O–H groups in total. The molecule has 3 aromatic carbocycles. The first kappa shape index (κ1) is 21.3. The van der Waals surface area contributed by atoms with E-state index in [0.29, 0.717) is 13.0 Å². The Morgan fingerprint density at radius 1 is 0.931 bits per heavy atom. The van der Waals surface area contributed by atoms with Crippen molar-refractivity contribution in [2.45, 2.75) is 39.9 Å². The molecule has 29 heavy (non-hydrogen) atoms. The van der Waals surface area contributed by atoms with E-state index in [1.54, 1.807) is 7.11 Å². The second-order valence-electron chi connectivity index (χ2n) is 7.99. The summed E-state index contributed by atoms with van der Waals surface area (Å²) in [6, 6.07) is 19.2. The van der Waals surface area contributed by atoms with E-state index in [1.807, 2.05) is 20.8 Å². The predicted molar refractivity (Wildman–Crippen MR) is 117 cm³/mol. The maximum absolute atomic E-state index is 12.0. The van der Waals surface area contributed by atoms with Gasteiger partial charge in [0.15, 0.2) is 6.29 Å². The number of carbonyl (C=O) groups is 1. The van der Waals surface area contributed by atoms with Gasteiger partial charge in [0.1, 0.15) is 6.61 Å². The zero-order valence-electron chi connectivity index (χ0n) is 17.7. The molecular formula is C25H30O4. The second-order valence-corrected chi connectivity index (χ2v) is 7.99. The molecule has 0 saturated heterocycles. The van der Waals surface area contributed by atoms with Crippen LogP contribution in [-0.2, 0) is 25.4 Å². The maximum Gasteiger partial charge on any atom is 0.311 e. The van der Waals surface area contributed by atoms with Gasteiger partial charge in [-0.2, -0.15) is 0 Å². The molecule has 3 aromatic rings. The van der Waals surface area contributed by atoms with Crippen LogP contribution in [0.25, 0.3) is 21.5 Å². The third kappa shape index (κ3) is 5.34. The molecule has 0 aliphatic heterocycles. The summed E-state index contributed by atoms with van der Waals surface area (Å²) in [4.78, 5) is 12.0. The summed E-state index contributed by atoms with van der Waals surface area (Å²) >= 11 is 0. The molecule has 0 spiro atoms. The molecule has 0 heterocycles. The zero-order valence-corrected chi connectivity index (χ0v) is 17.7. The Labute approximate surface area is 172 Å². The van der Waals surface area contributed by atoms with Crippen molar-refractivity contribution in [1.82, 2.24) is 0 Å². The fraction of sp³-hybridized carbons (Fsp3) is 0.400. The number of ether oxygens (including phenoxy) is 3. The molecule has 0 amide bonds. The van der Waals surface area contributed by atoms with E-state index >= 15 is 0 Å². The molecule has 0 aromatic heterocycles. The van der Waals surface area contributed by atoms with Crippen molar-refractivity contribution in [2.75, 3.05) is 20.3 Å². The van der Waals surface area contributed by atoms with Gasteiger partial charge in [-0.15, -0.1) is 0 Å². The number of methoxy groups -OCH3 is 1. The molecule has 1 unspecified atom stereocenters. The van der Waals surface area contributed by atoms with Crippen molar-refractivity contribution >= 4 is 27.5 Å². The molecule has 0 fully saturated rings. The highest BCUT2D eigenvalue weighted by atomic mass is 16.7. The van der Waals surface area contributed by atoms with Gasteiger partial charge < -0.3 is 14.2 Å². The smallest absolute Gasteiger partial charge is 0.311 e. The van der Waals surface area contributed by atoms with Gasteiger partial charge in [0.05, 0.1) is 12.0 Å². The number of rotatable bonds is 9. The molecule has 0 saturated carbocycles. The molecule has 154 valence electrons. The van der Waals surface area contributed by atoms with E-state index in [1.165, 1.54) is 21.5 Å². The van der Waals surface area contributed by atoms with Crippen LogP contribution in [0, 0.1) is 5.41 Å². The number of hydrogen-bond acceptors (Lipinski definition) is 4. The Bertz CT molecular complexity index is 977. The molecule has 1 atom stereocenters. The molecular weight excluding hydrogens is 364 g/mol. The summed E-state index contributed by atoms with van der Waals surface area (Å²) in [6.07, 6.45) is 0.990. The van der Waals surface area contributed by atoms with E-state index in [9.17, 15) is 4.79 Å². The van der Waals surface area contributed by atoms with Crippen molar-refractivity contribution in [3.8, 4) is 0 Å². The largest absolute Gasteiger partial charge is 0.463 e. The first-order valence-corrected chi connectivity index (χ1v) is 10.2. The van der Waals surface area contributed by atoms with Crippen LogP contribution in [0.2, 0.25) is 0 Å². The van der Waals surface area contributed by atoms with Gasteiger partial charge in [-0.05, 0) is 59.5 Å². The van der Waals surface area contributed by atoms with Crippen LogP contribution < -0.4 is 0 Å². The Kier molecular flexibility index (Phi) is 6.88. The van der Waals surface area contributed by atoms with Gasteiger partial charge in [-0.1, -0.05) is 49.4 Å². The van der Waals surface area contributed by atoms with Crippen molar-refractivity contribution in [1.29, 1.82) is 0 Å². The van der Waals surface area contributed by atoms with Gasteiger partial charge >= 0.3 is 5.97 Å². The summed E-state index contributed by atoms with van der Waals surface area (Å²) in [5.41, 5.74) is 0.680. The average Bonchev–Trinajstić information content (AvgIpc) is 2.73. The number of carbonyl (C=O) groups excluding carboxylic acids is 1. The highest BCUT2D eigenvalue weighted by molar-refractivity contribution is 5.98. The first-order chi connectivity index (χ1) is 13.9. The first-order valence-electron chi connectivity index (χ1n) is 10.2. The van der Waals surface area contributed by atoms with Gasteiger partial charge in [-0.3, -0.25) is 4.79 Å². The van der Waals surface area contributed by atoms with Gasteiger partial charge in [-0.25, -0.2) is 0 Å². The summed E-state index contributed by atoms with van der Waals surface area (Å²) in [5.74, 6) is -0.195. The highest BCUT2D eigenvalue weighted by Gasteiger charge is 2.26. The lowest BCUT2D eigenvalue weighted by Gasteiger charge is -2.21. The van der Waals surface area contributed by atoms with Gasteiger partial charge in [0.25, 0.3) is 0 Å². The Hall–Kier alpha value is -2.43. The molecule has 4 heteroatoms. The predicted octanol–water partition coefficient (Wildman–Crippen LogP) is 5.50. The molecule has 3 rings (SSSR count). The fourth-order valence-corrected chi connectivity index (χ4v) is 3.17. The minimum atomic E-state index is -0.462. The summed E-state index contributed by atoms with van der Waals surface area (Å²) in [6.45, 7) is 6.29. The van der Waals surface area contributed by atoms with Crippen LogP contribution in [0.3, 0.4) is 0 Å². The van der Waals surface area contributed by atoms with Crippen LogP contribution >= 0.6 is 0 Å². The molecule has 0 radical (unpaired) electrons. The van der Waals surface area contributed by atoms with Gasteiger partial charge in [0.2, 0.25) is 0 Å². The third-order valence-electron chi connectivity index (χ3n) is 5.49. The Morgan fingerprint density at radius 3 is 2.24 bits per heavy atom. The quantitative estimate of drug-likeness (QED) is 0.208. The van der Waals surface area contributed by atoms with Crippen LogP contribution in [0.1, 0.15) is 32.8 Å². The van der Waals surface area contributed by atoms with E-state index in [2.05, 4.69) is 54.6 Å². The van der Waals surface area contributed by atoms with Crippen LogP contribution in [0.5, 0.6) is 0 Å². The number of benzene rings is 3. The van der Waals surface area contributed by atoms with E-state index in [4.69, 9.17) is 14.2 Å². The second kappa shape index (κ2) is 9.38. The van der Waals surface area contributed by atoms with Crippen molar-refractivity contribution in [3.63, 3.8) is 0 Å². The lowest BCUT2D eigenvalue weighted by Crippen LogP contribution is -2.28. The van der Waals surface area contributed by atoms with Crippen molar-refractivity contribution in [3.05, 3.63) is 60.2 Å². The molecule has 0 bridgehead atoms. The molecule has 4 nitrogen and oxygen atoms in total. The highest BCUT2D eigenvalue weighted by Crippen LogP contribution is 2.24. The average molecular weight is 395 g/mol. The SMILES string of the molecule is CCC(C)(C)C(=O)OCCOC(Cc1ccc2cc3ccccc3cc2c1)OC. The van der Waals surface area contributed by atoms with Crippen LogP contribution in [0.15, 0.2) is 54.6 Å². The molecule has 0 aliphatic carbocycles. The topological polar surface area (TPSA) is 44.8 Å². The number of esters is 1. The number of hydrogen-bond donors (Lipinski definition) is 0. The summed E-state index contributed by atoms with van der Waals surface area (Å²) in [7, 11) is 1.63. The van der Waals surface area contributed by atoms with Crippen LogP contribution in [0.4, 0.5) is 0 Å². The molecule has 0 aliphatic rings. The van der Waals surface area contributed by atoms with Crippen molar-refractivity contribution < 1.29 is 19.0 Å². The normalized spacial score (nSPS) is 13.0. The minimum absolute atomic E-state index is 0.195. The summed E-state index contributed by atoms with van der Waals surface area (Å²) in [5, 5.41) is 4.89. The van der Waals surface area contributed by atoms with E-state index < -0.39 is 5.41 Å². The maximum atomic E-state index is 12.0. The monoisotopic (exact) mass is 394 g/mol. The van der Waals surface area contributed by atoms with Gasteiger partial charge in [0, 0.05) is 13.5 Å². The zero-order chi connectivity index (χ0) is 20.9. The Balaban J connectivity index is 1.59. The number of fused-ring (bicyclic) bond motifs is 2. The van der Waals surface area contributed by atoms with Crippen molar-refractivity contribution in [2.24, 2.45) is 5.41 Å². The minimum Gasteiger partial charge on any atom is -0.463 e. The summed E-state index contributed by atoms with van der Waals surface area (Å²) < 4.78 is 16.6. The van der Waals surface area contributed by atoms with E-state index in [-0.39, 0.29) is 18.9 Å². The van der Waals surface area contributed by atoms with E-state index in [0.717, 1.165) is 12.0 Å². The third-order valence-corrected chi connectivity index (χ3v) is 5.49. The fourth-order valence-electron chi connectivity index (χ4n) is 3.17. The van der Waals surface area contributed by atoms with Crippen LogP contribution in [-0.4, -0.2) is 32.6 Å². The lowest BCUT2D eigenvalue weighted by atomic mass is 9.91.